The van der Waals surface area contributed by atoms with Gasteiger partial charge in [0, 0.05) is 20.8 Å². The average molecular weight is 587 g/mol. The molecule has 0 spiro atoms. The van der Waals surface area contributed by atoms with Crippen LogP contribution in [0.3, 0.4) is 0 Å². The van der Waals surface area contributed by atoms with E-state index in [1.54, 1.807) is 7.11 Å². The number of H-pyrrole nitrogens is 1. The minimum atomic E-state index is -0.187. The van der Waals surface area contributed by atoms with Gasteiger partial charge >= 0.3 is 0 Å². The lowest BCUT2D eigenvalue weighted by Gasteiger charge is -2.11. The predicted molar refractivity (Wildman–Crippen MR) is 166 cm³/mol. The fourth-order valence-corrected chi connectivity index (χ4v) is 5.36. The van der Waals surface area contributed by atoms with Crippen molar-refractivity contribution in [1.82, 2.24) is 9.71 Å². The van der Waals surface area contributed by atoms with Crippen molar-refractivity contribution in [3.63, 3.8) is 0 Å². The van der Waals surface area contributed by atoms with Gasteiger partial charge in [0.25, 0.3) is 5.91 Å². The van der Waals surface area contributed by atoms with Gasteiger partial charge in [-0.05, 0) is 116 Å². The van der Waals surface area contributed by atoms with Crippen LogP contribution in [0.1, 0.15) is 33.6 Å². The van der Waals surface area contributed by atoms with E-state index >= 15 is 0 Å². The van der Waals surface area contributed by atoms with Crippen molar-refractivity contribution in [3.8, 4) is 23.0 Å². The second-order valence-corrected chi connectivity index (χ2v) is 10.9. The topological polar surface area (TPSA) is 72.6 Å². The molecule has 5 rings (SSSR count). The number of para-hydroxylation sites is 1. The fourth-order valence-electron chi connectivity index (χ4n) is 4.62. The first-order valence-electron chi connectivity index (χ1n) is 13.3. The summed E-state index contributed by atoms with van der Waals surface area (Å²) >= 11 is 7.53. The normalized spacial score (nSPS) is 10.9. The first-order chi connectivity index (χ1) is 19.9. The number of halogens is 1. The molecule has 0 aliphatic carbocycles. The van der Waals surface area contributed by atoms with Crippen molar-refractivity contribution in [1.29, 1.82) is 0 Å². The number of aromatic amines is 1. The molecule has 0 fully saturated rings. The highest BCUT2D eigenvalue weighted by atomic mass is 35.5. The van der Waals surface area contributed by atoms with Gasteiger partial charge in [-0.25, -0.2) is 0 Å². The van der Waals surface area contributed by atoms with Crippen LogP contribution in [0, 0.1) is 13.8 Å². The summed E-state index contributed by atoms with van der Waals surface area (Å²) in [6.07, 6.45) is 1.44. The number of hydrogen-bond donors (Lipinski definition) is 2. The summed E-state index contributed by atoms with van der Waals surface area (Å²) < 4.78 is 20.2. The Hall–Kier alpha value is -4.07. The number of amides is 1. The van der Waals surface area contributed by atoms with Gasteiger partial charge in [0.15, 0.2) is 0 Å². The third-order valence-corrected chi connectivity index (χ3v) is 8.03. The van der Waals surface area contributed by atoms with Crippen molar-refractivity contribution in [2.24, 2.45) is 0 Å². The van der Waals surface area contributed by atoms with Crippen LogP contribution in [-0.4, -0.2) is 24.6 Å². The summed E-state index contributed by atoms with van der Waals surface area (Å²) in [5.41, 5.74) is 4.45. The lowest BCUT2D eigenvalue weighted by atomic mass is 10.1. The molecule has 4 aromatic carbocycles. The van der Waals surface area contributed by atoms with Crippen LogP contribution >= 0.6 is 23.5 Å². The summed E-state index contributed by atoms with van der Waals surface area (Å²) in [7, 11) is 1.63. The third kappa shape index (κ3) is 6.99. The summed E-state index contributed by atoms with van der Waals surface area (Å²) in [5.74, 6) is 2.75. The fraction of sp³-hybridized carbons (Fsp3) is 0.182. The molecule has 2 N–H and O–H groups in total. The SMILES string of the molecule is COc1ccc(Oc2cccc(SNC(=O)c3[nH]c4ccccc4c3CCCOc3cc(C)c(Cl)c(C)c3)c2)cc1. The van der Waals surface area contributed by atoms with Crippen molar-refractivity contribution in [2.45, 2.75) is 31.6 Å². The van der Waals surface area contributed by atoms with Gasteiger partial charge in [0.05, 0.1) is 13.7 Å². The molecule has 1 amide bonds. The van der Waals surface area contributed by atoms with Gasteiger partial charge in [-0.1, -0.05) is 35.9 Å². The molecular weight excluding hydrogens is 556 g/mol. The third-order valence-electron chi connectivity index (χ3n) is 6.65. The molecule has 0 aliphatic heterocycles. The Kier molecular flexibility index (Phi) is 9.07. The van der Waals surface area contributed by atoms with E-state index in [2.05, 4.69) is 9.71 Å². The number of methoxy groups -OCH3 is 1. The number of hydrogen-bond acceptors (Lipinski definition) is 5. The van der Waals surface area contributed by atoms with Crippen molar-refractivity contribution in [2.75, 3.05) is 13.7 Å². The Bertz CT molecular complexity index is 1640. The number of ether oxygens (including phenoxy) is 3. The van der Waals surface area contributed by atoms with Crippen molar-refractivity contribution in [3.05, 3.63) is 112 Å². The molecule has 0 aliphatic rings. The van der Waals surface area contributed by atoms with Crippen LogP contribution in [-0.2, 0) is 6.42 Å². The molecule has 8 heteroatoms. The quantitative estimate of drug-likeness (QED) is 0.120. The zero-order valence-electron chi connectivity index (χ0n) is 23.1. The second-order valence-electron chi connectivity index (χ2n) is 9.63. The molecule has 0 bridgehead atoms. The molecule has 0 saturated carbocycles. The average Bonchev–Trinajstić information content (AvgIpc) is 3.36. The maximum Gasteiger partial charge on any atom is 0.278 e. The van der Waals surface area contributed by atoms with Crippen LogP contribution in [0.2, 0.25) is 5.02 Å². The minimum absolute atomic E-state index is 0.187. The van der Waals surface area contributed by atoms with Gasteiger partial charge in [-0.15, -0.1) is 0 Å². The lowest BCUT2D eigenvalue weighted by Crippen LogP contribution is -2.18. The van der Waals surface area contributed by atoms with Gasteiger partial charge in [-0.2, -0.15) is 0 Å². The Balaban J connectivity index is 1.23. The standard InChI is InChI=1S/C33H31ClN2O4S/c1-21-18-26(19-22(2)31(21)34)39-17-7-11-29-28-10-4-5-12-30(28)35-32(29)33(37)36-41-27-9-6-8-25(20-27)40-24-15-13-23(38-3)14-16-24/h4-6,8-10,12-16,18-20,35H,7,11,17H2,1-3H3,(H,36,37). The molecule has 5 aromatic rings. The molecule has 210 valence electrons. The van der Waals surface area contributed by atoms with Gasteiger partial charge in [0.1, 0.15) is 28.7 Å². The lowest BCUT2D eigenvalue weighted by molar-refractivity contribution is 0.0979. The first-order valence-corrected chi connectivity index (χ1v) is 14.5. The summed E-state index contributed by atoms with van der Waals surface area (Å²) in [6.45, 7) is 4.47. The number of fused-ring (bicyclic) bond motifs is 1. The summed E-state index contributed by atoms with van der Waals surface area (Å²) in [6, 6.07) is 26.8. The van der Waals surface area contributed by atoms with E-state index in [1.165, 1.54) is 11.9 Å². The molecule has 6 nitrogen and oxygen atoms in total. The molecule has 1 heterocycles. The van der Waals surface area contributed by atoms with Crippen LogP contribution in [0.15, 0.2) is 89.8 Å². The number of nitrogens with one attached hydrogen (secondary N) is 2. The van der Waals surface area contributed by atoms with Gasteiger partial charge in [-0.3, -0.25) is 9.52 Å². The number of rotatable bonds is 11. The Morgan fingerprint density at radius 3 is 2.37 bits per heavy atom. The summed E-state index contributed by atoms with van der Waals surface area (Å²) in [5, 5.41) is 1.80. The van der Waals surface area contributed by atoms with Crippen LogP contribution in [0.5, 0.6) is 23.0 Å². The monoisotopic (exact) mass is 586 g/mol. The van der Waals surface area contributed by atoms with E-state index in [9.17, 15) is 4.79 Å². The summed E-state index contributed by atoms with van der Waals surface area (Å²) in [4.78, 5) is 17.5. The zero-order chi connectivity index (χ0) is 28.8. The van der Waals surface area contributed by atoms with Crippen molar-refractivity contribution < 1.29 is 19.0 Å². The van der Waals surface area contributed by atoms with Gasteiger partial charge < -0.3 is 19.2 Å². The van der Waals surface area contributed by atoms with E-state index in [1.807, 2.05) is 98.8 Å². The highest BCUT2D eigenvalue weighted by Gasteiger charge is 2.18. The van der Waals surface area contributed by atoms with Crippen molar-refractivity contribution >= 4 is 40.4 Å². The van der Waals surface area contributed by atoms with E-state index < -0.39 is 0 Å². The number of carbonyl (C=O) groups is 1. The molecule has 0 saturated heterocycles. The molecule has 1 aromatic heterocycles. The molecule has 41 heavy (non-hydrogen) atoms. The Labute approximate surface area is 249 Å². The van der Waals surface area contributed by atoms with E-state index in [0.717, 1.165) is 55.4 Å². The van der Waals surface area contributed by atoms with Crippen LogP contribution in [0.4, 0.5) is 0 Å². The van der Waals surface area contributed by atoms with E-state index in [-0.39, 0.29) is 5.91 Å². The maximum absolute atomic E-state index is 13.4. The van der Waals surface area contributed by atoms with Crippen LogP contribution < -0.4 is 18.9 Å². The maximum atomic E-state index is 13.4. The van der Waals surface area contributed by atoms with E-state index in [0.29, 0.717) is 30.2 Å². The second kappa shape index (κ2) is 13.1. The van der Waals surface area contributed by atoms with Crippen LogP contribution in [0.25, 0.3) is 10.9 Å². The molecule has 0 atom stereocenters. The molecular formula is C33H31ClN2O4S. The Morgan fingerprint density at radius 1 is 0.878 bits per heavy atom. The minimum Gasteiger partial charge on any atom is -0.497 e. The number of aryl methyl sites for hydroxylation is 3. The predicted octanol–water partition coefficient (Wildman–Crippen LogP) is 8.69. The Morgan fingerprint density at radius 2 is 1.61 bits per heavy atom. The first kappa shape index (κ1) is 28.5. The smallest absolute Gasteiger partial charge is 0.278 e. The highest BCUT2D eigenvalue weighted by molar-refractivity contribution is 7.98. The molecule has 0 radical (unpaired) electrons. The highest BCUT2D eigenvalue weighted by Crippen LogP contribution is 2.29. The zero-order valence-corrected chi connectivity index (χ0v) is 24.7. The number of benzene rings is 4. The van der Waals surface area contributed by atoms with Gasteiger partial charge in [0.2, 0.25) is 0 Å². The number of aromatic nitrogens is 1. The molecule has 0 unspecified atom stereocenters. The largest absolute Gasteiger partial charge is 0.497 e. The number of carbonyl (C=O) groups excluding carboxylic acids is 1. The van der Waals surface area contributed by atoms with E-state index in [4.69, 9.17) is 25.8 Å².